The molecular weight excluding hydrogens is 384 g/mol. The molecule has 1 aromatic carbocycles. The number of nitrogens with one attached hydrogen (secondary N) is 1. The smallest absolute Gasteiger partial charge is 0.341 e. The zero-order valence-corrected chi connectivity index (χ0v) is 17.9. The number of aryl methyl sites for hydroxylation is 2. The van der Waals surface area contributed by atoms with Crippen molar-refractivity contribution in [3.8, 4) is 0 Å². The van der Waals surface area contributed by atoms with Gasteiger partial charge in [-0.05, 0) is 31.7 Å². The third-order valence-electron chi connectivity index (χ3n) is 6.01. The van der Waals surface area contributed by atoms with Crippen LogP contribution in [-0.2, 0) is 29.3 Å². The third-order valence-corrected chi connectivity index (χ3v) is 6.01. The second-order valence-electron chi connectivity index (χ2n) is 9.01. The van der Waals surface area contributed by atoms with E-state index in [1.54, 1.807) is 6.92 Å². The van der Waals surface area contributed by atoms with Crippen molar-refractivity contribution < 1.29 is 23.9 Å². The molecule has 3 N–H and O–H groups in total. The number of Topliss-reactive ketones (excluding diaryl/α,β-unsaturated/α-hetero) is 1. The highest BCUT2D eigenvalue weighted by atomic mass is 16.5. The number of carbonyl (C=O) groups is 3. The number of amides is 1. The van der Waals surface area contributed by atoms with Crippen LogP contribution in [0.5, 0.6) is 0 Å². The number of fused-ring (bicyclic) bond motifs is 3. The highest BCUT2D eigenvalue weighted by Gasteiger charge is 2.63. The number of ketones is 1. The standard InChI is InChI=1S/C23H26N2O5/c1-6-29-20(27)17-19(24)30-15-10-22(4,5)9-14(26)16(15)23(17)13-8-11(2)7-12(3)18(13)25-21(23)28/h7-8H,6,9-10,24H2,1-5H3,(H,25,28)/t23-/m1/s1. The Morgan fingerprint density at radius 3 is 2.60 bits per heavy atom. The van der Waals surface area contributed by atoms with Gasteiger partial charge in [0.2, 0.25) is 11.8 Å². The van der Waals surface area contributed by atoms with E-state index in [1.807, 2.05) is 39.8 Å². The lowest BCUT2D eigenvalue weighted by atomic mass is 9.61. The van der Waals surface area contributed by atoms with Gasteiger partial charge in [0.25, 0.3) is 0 Å². The van der Waals surface area contributed by atoms with E-state index < -0.39 is 17.3 Å². The number of esters is 1. The second-order valence-corrected chi connectivity index (χ2v) is 9.01. The van der Waals surface area contributed by atoms with Gasteiger partial charge >= 0.3 is 5.97 Å². The summed E-state index contributed by atoms with van der Waals surface area (Å²) in [7, 11) is 0. The topological polar surface area (TPSA) is 108 Å². The maximum Gasteiger partial charge on any atom is 0.341 e. The Morgan fingerprint density at radius 2 is 1.93 bits per heavy atom. The van der Waals surface area contributed by atoms with Gasteiger partial charge in [-0.3, -0.25) is 9.59 Å². The summed E-state index contributed by atoms with van der Waals surface area (Å²) in [5.74, 6) is -1.32. The summed E-state index contributed by atoms with van der Waals surface area (Å²) in [5.41, 5.74) is 7.15. The van der Waals surface area contributed by atoms with Gasteiger partial charge in [0, 0.05) is 24.1 Å². The molecule has 0 fully saturated rings. The Labute approximate surface area is 175 Å². The summed E-state index contributed by atoms with van der Waals surface area (Å²) in [6.07, 6.45) is 0.667. The van der Waals surface area contributed by atoms with Gasteiger partial charge in [-0.15, -0.1) is 0 Å². The van der Waals surface area contributed by atoms with Gasteiger partial charge in [-0.2, -0.15) is 0 Å². The molecule has 1 atom stereocenters. The van der Waals surface area contributed by atoms with Crippen LogP contribution in [-0.4, -0.2) is 24.3 Å². The molecule has 3 aliphatic rings. The molecule has 2 heterocycles. The lowest BCUT2D eigenvalue weighted by molar-refractivity contribution is -0.141. The van der Waals surface area contributed by atoms with E-state index in [1.165, 1.54) is 0 Å². The Kier molecular flexibility index (Phi) is 4.34. The van der Waals surface area contributed by atoms with Gasteiger partial charge in [0.1, 0.15) is 16.7 Å². The van der Waals surface area contributed by atoms with E-state index in [4.69, 9.17) is 15.2 Å². The van der Waals surface area contributed by atoms with Crippen LogP contribution >= 0.6 is 0 Å². The van der Waals surface area contributed by atoms with Crippen LogP contribution < -0.4 is 11.1 Å². The molecule has 0 saturated carbocycles. The number of rotatable bonds is 2. The average Bonchev–Trinajstić information content (AvgIpc) is 2.87. The maximum absolute atomic E-state index is 13.6. The molecule has 1 spiro atoms. The molecule has 7 nitrogen and oxygen atoms in total. The second kappa shape index (κ2) is 6.45. The minimum atomic E-state index is -1.68. The van der Waals surface area contributed by atoms with E-state index in [0.717, 1.165) is 11.1 Å². The number of allylic oxidation sites excluding steroid dienone is 1. The van der Waals surface area contributed by atoms with Crippen LogP contribution in [0, 0.1) is 19.3 Å². The van der Waals surface area contributed by atoms with E-state index in [0.29, 0.717) is 23.4 Å². The molecule has 30 heavy (non-hydrogen) atoms. The summed E-state index contributed by atoms with van der Waals surface area (Å²) in [6, 6.07) is 3.77. The minimum Gasteiger partial charge on any atom is -0.462 e. The highest BCUT2D eigenvalue weighted by Crippen LogP contribution is 2.56. The summed E-state index contributed by atoms with van der Waals surface area (Å²) in [5, 5.41) is 2.90. The lowest BCUT2D eigenvalue weighted by Gasteiger charge is -2.42. The lowest BCUT2D eigenvalue weighted by Crippen LogP contribution is -2.50. The normalized spacial score (nSPS) is 24.4. The molecule has 2 aliphatic heterocycles. The van der Waals surface area contributed by atoms with E-state index in [2.05, 4.69) is 5.32 Å². The predicted octanol–water partition coefficient (Wildman–Crippen LogP) is 2.90. The van der Waals surface area contributed by atoms with Crippen molar-refractivity contribution in [1.29, 1.82) is 0 Å². The molecule has 0 unspecified atom stereocenters. The molecule has 158 valence electrons. The van der Waals surface area contributed by atoms with Crippen LogP contribution in [0.15, 0.2) is 34.9 Å². The first-order valence-electron chi connectivity index (χ1n) is 10.1. The minimum absolute atomic E-state index is 0.0971. The number of nitrogens with two attached hydrogens (primary N) is 1. The van der Waals surface area contributed by atoms with E-state index in [-0.39, 0.29) is 41.3 Å². The third kappa shape index (κ3) is 2.61. The number of anilines is 1. The van der Waals surface area contributed by atoms with Crippen molar-refractivity contribution in [3.05, 3.63) is 51.6 Å². The molecule has 1 aliphatic carbocycles. The van der Waals surface area contributed by atoms with Crippen molar-refractivity contribution in [1.82, 2.24) is 0 Å². The van der Waals surface area contributed by atoms with Crippen LogP contribution in [0.4, 0.5) is 5.69 Å². The Morgan fingerprint density at radius 1 is 1.23 bits per heavy atom. The fraction of sp³-hybridized carbons (Fsp3) is 0.435. The molecule has 1 aromatic rings. The molecule has 0 radical (unpaired) electrons. The van der Waals surface area contributed by atoms with Crippen molar-refractivity contribution >= 4 is 23.3 Å². The fourth-order valence-electron chi connectivity index (χ4n) is 4.98. The Hall–Kier alpha value is -3.09. The summed E-state index contributed by atoms with van der Waals surface area (Å²) in [6.45, 7) is 9.47. The van der Waals surface area contributed by atoms with Crippen LogP contribution in [0.3, 0.4) is 0 Å². The van der Waals surface area contributed by atoms with Gasteiger partial charge in [0.15, 0.2) is 5.78 Å². The van der Waals surface area contributed by atoms with E-state index in [9.17, 15) is 14.4 Å². The van der Waals surface area contributed by atoms with Crippen molar-refractivity contribution in [2.24, 2.45) is 11.1 Å². The number of ether oxygens (including phenoxy) is 2. The zero-order valence-electron chi connectivity index (χ0n) is 17.9. The van der Waals surface area contributed by atoms with Crippen molar-refractivity contribution in [3.63, 3.8) is 0 Å². The van der Waals surface area contributed by atoms with Crippen LogP contribution in [0.2, 0.25) is 0 Å². The number of hydrogen-bond donors (Lipinski definition) is 2. The average molecular weight is 410 g/mol. The largest absolute Gasteiger partial charge is 0.462 e. The number of benzene rings is 1. The monoisotopic (exact) mass is 410 g/mol. The number of hydrogen-bond acceptors (Lipinski definition) is 6. The van der Waals surface area contributed by atoms with Gasteiger partial charge in [-0.25, -0.2) is 4.79 Å². The predicted molar refractivity (Wildman–Crippen MR) is 110 cm³/mol. The molecule has 1 amide bonds. The van der Waals surface area contributed by atoms with Gasteiger partial charge in [-0.1, -0.05) is 31.5 Å². The first-order valence-corrected chi connectivity index (χ1v) is 10.1. The summed E-state index contributed by atoms with van der Waals surface area (Å²) < 4.78 is 11.1. The van der Waals surface area contributed by atoms with Crippen molar-refractivity contribution in [2.45, 2.75) is 52.9 Å². The first kappa shape index (κ1) is 20.2. The highest BCUT2D eigenvalue weighted by molar-refractivity contribution is 6.23. The van der Waals surface area contributed by atoms with Gasteiger partial charge in [0.05, 0.1) is 12.2 Å². The molecular formula is C23H26N2O5. The summed E-state index contributed by atoms with van der Waals surface area (Å²) >= 11 is 0. The Bertz CT molecular complexity index is 1080. The van der Waals surface area contributed by atoms with E-state index >= 15 is 0 Å². The zero-order chi connectivity index (χ0) is 22.0. The van der Waals surface area contributed by atoms with Gasteiger partial charge < -0.3 is 20.5 Å². The maximum atomic E-state index is 13.6. The van der Waals surface area contributed by atoms with Crippen molar-refractivity contribution in [2.75, 3.05) is 11.9 Å². The van der Waals surface area contributed by atoms with Crippen LogP contribution in [0.1, 0.15) is 50.3 Å². The summed E-state index contributed by atoms with van der Waals surface area (Å²) in [4.78, 5) is 40.1. The molecule has 0 bridgehead atoms. The molecule has 0 aromatic heterocycles. The quantitative estimate of drug-likeness (QED) is 0.726. The first-order chi connectivity index (χ1) is 14.0. The molecule has 4 rings (SSSR count). The SMILES string of the molecule is CCOC(=O)C1=C(N)OC2=C(C(=O)CC(C)(C)C2)[C@@]12C(=O)Nc1c(C)cc(C)cc12. The molecule has 0 saturated heterocycles. The fourth-order valence-corrected chi connectivity index (χ4v) is 4.98. The van der Waals surface area contributed by atoms with Crippen LogP contribution in [0.25, 0.3) is 0 Å². The molecule has 7 heteroatoms. The number of carbonyl (C=O) groups excluding carboxylic acids is 3. The Balaban J connectivity index is 2.11.